The molecule has 0 aliphatic rings. The standard InChI is InChI=1S/C36H36N4O4/c1-25(44-36(2,3)35(42)43)29-13-10-12-26(23-29)11-6-9-22-40-24-32(31-15-5-8-21-38-31)39-34(40)33(41)28-18-16-27(17-19-28)30-14-4-7-20-37-30/h4-5,7-8,10,12-21,23-25H,6,9,11,22H2,1-3H3,(H,42,43). The van der Waals surface area contributed by atoms with Gasteiger partial charge in [0.15, 0.2) is 11.4 Å². The highest BCUT2D eigenvalue weighted by molar-refractivity contribution is 6.07. The van der Waals surface area contributed by atoms with Gasteiger partial charge < -0.3 is 14.4 Å². The molecule has 1 unspecified atom stereocenters. The number of carbonyl (C=O) groups excluding carboxylic acids is 1. The largest absolute Gasteiger partial charge is 0.479 e. The van der Waals surface area contributed by atoms with E-state index in [1.807, 2.05) is 90.5 Å². The summed E-state index contributed by atoms with van der Waals surface area (Å²) >= 11 is 0. The van der Waals surface area contributed by atoms with E-state index in [1.165, 1.54) is 0 Å². The van der Waals surface area contributed by atoms with E-state index in [0.29, 0.717) is 29.3 Å². The molecule has 0 bridgehead atoms. The van der Waals surface area contributed by atoms with E-state index in [1.54, 1.807) is 26.2 Å². The molecule has 3 aromatic heterocycles. The highest BCUT2D eigenvalue weighted by Gasteiger charge is 2.30. The van der Waals surface area contributed by atoms with Gasteiger partial charge in [-0.15, -0.1) is 0 Å². The van der Waals surface area contributed by atoms with E-state index in [2.05, 4.69) is 22.1 Å². The third kappa shape index (κ3) is 7.33. The number of ketones is 1. The molecule has 8 heteroatoms. The van der Waals surface area contributed by atoms with Crippen LogP contribution in [-0.2, 0) is 22.5 Å². The van der Waals surface area contributed by atoms with Crippen molar-refractivity contribution in [1.29, 1.82) is 0 Å². The lowest BCUT2D eigenvalue weighted by Gasteiger charge is -2.25. The summed E-state index contributed by atoms with van der Waals surface area (Å²) < 4.78 is 7.74. The number of benzene rings is 2. The zero-order chi connectivity index (χ0) is 31.1. The highest BCUT2D eigenvalue weighted by atomic mass is 16.5. The molecule has 0 aliphatic carbocycles. The molecule has 1 N–H and O–H groups in total. The Labute approximate surface area is 257 Å². The predicted octanol–water partition coefficient (Wildman–Crippen LogP) is 7.20. The Balaban J connectivity index is 1.28. The van der Waals surface area contributed by atoms with Gasteiger partial charge in [-0.3, -0.25) is 14.8 Å². The second-order valence-corrected chi connectivity index (χ2v) is 11.3. The van der Waals surface area contributed by atoms with Crippen LogP contribution in [0.25, 0.3) is 22.6 Å². The zero-order valence-corrected chi connectivity index (χ0v) is 25.2. The molecule has 0 radical (unpaired) electrons. The molecule has 224 valence electrons. The van der Waals surface area contributed by atoms with Crippen molar-refractivity contribution in [2.24, 2.45) is 0 Å². The van der Waals surface area contributed by atoms with E-state index in [9.17, 15) is 14.7 Å². The first-order chi connectivity index (χ1) is 21.2. The number of nitrogens with zero attached hydrogens (tertiary/aromatic N) is 4. The molecule has 0 spiro atoms. The van der Waals surface area contributed by atoms with Crippen molar-refractivity contribution in [1.82, 2.24) is 19.5 Å². The van der Waals surface area contributed by atoms with E-state index in [4.69, 9.17) is 9.72 Å². The normalized spacial score (nSPS) is 12.2. The van der Waals surface area contributed by atoms with Crippen LogP contribution in [0.1, 0.15) is 67.0 Å². The van der Waals surface area contributed by atoms with Crippen LogP contribution in [0.2, 0.25) is 0 Å². The number of carboxylic acids is 1. The molecule has 2 aromatic carbocycles. The van der Waals surface area contributed by atoms with Crippen molar-refractivity contribution in [3.63, 3.8) is 0 Å². The summed E-state index contributed by atoms with van der Waals surface area (Å²) in [5.41, 5.74) is 4.53. The van der Waals surface area contributed by atoms with Gasteiger partial charge in [0.25, 0.3) is 0 Å². The topological polar surface area (TPSA) is 107 Å². The number of pyridine rings is 2. The molecular weight excluding hydrogens is 552 g/mol. The van der Waals surface area contributed by atoms with Crippen LogP contribution in [0.15, 0.2) is 104 Å². The Hall–Kier alpha value is -4.95. The number of carbonyl (C=O) groups is 2. The molecule has 44 heavy (non-hydrogen) atoms. The minimum Gasteiger partial charge on any atom is -0.479 e. The summed E-state index contributed by atoms with van der Waals surface area (Å²) in [7, 11) is 0. The minimum atomic E-state index is -1.27. The maximum atomic E-state index is 13.7. The number of hydrogen-bond acceptors (Lipinski definition) is 6. The molecule has 1 atom stereocenters. The number of aryl methyl sites for hydroxylation is 2. The van der Waals surface area contributed by atoms with Crippen molar-refractivity contribution in [3.05, 3.63) is 126 Å². The number of hydrogen-bond donors (Lipinski definition) is 1. The lowest BCUT2D eigenvalue weighted by molar-refractivity contribution is -0.167. The Bertz CT molecular complexity index is 1710. The van der Waals surface area contributed by atoms with Gasteiger partial charge in [-0.25, -0.2) is 9.78 Å². The van der Waals surface area contributed by atoms with Crippen LogP contribution in [0.3, 0.4) is 0 Å². The number of ether oxygens (including phenoxy) is 1. The van der Waals surface area contributed by atoms with Gasteiger partial charge in [0.2, 0.25) is 5.78 Å². The van der Waals surface area contributed by atoms with Gasteiger partial charge in [-0.2, -0.15) is 0 Å². The van der Waals surface area contributed by atoms with Gasteiger partial charge in [-0.05, 0) is 75.4 Å². The molecule has 0 fully saturated rings. The summed E-state index contributed by atoms with van der Waals surface area (Å²) in [6, 6.07) is 26.9. The SMILES string of the molecule is CC(OC(C)(C)C(=O)O)c1cccc(CCCCn2cc(-c3ccccn3)nc2C(=O)c2ccc(-c3ccccn3)cc2)c1. The lowest BCUT2D eigenvalue weighted by atomic mass is 10.0. The second kappa shape index (κ2) is 13.6. The van der Waals surface area contributed by atoms with Crippen LogP contribution in [-0.4, -0.2) is 42.0 Å². The van der Waals surface area contributed by atoms with Gasteiger partial charge in [0.05, 0.1) is 17.5 Å². The maximum Gasteiger partial charge on any atom is 0.335 e. The van der Waals surface area contributed by atoms with Crippen molar-refractivity contribution in [3.8, 4) is 22.6 Å². The summed E-state index contributed by atoms with van der Waals surface area (Å²) in [5, 5.41) is 9.41. The monoisotopic (exact) mass is 588 g/mol. The molecular formula is C36H36N4O4. The fourth-order valence-electron chi connectivity index (χ4n) is 5.03. The maximum absolute atomic E-state index is 13.7. The average molecular weight is 589 g/mol. The molecule has 0 saturated carbocycles. The molecule has 0 saturated heterocycles. The molecule has 3 heterocycles. The number of aromatic nitrogens is 4. The first-order valence-electron chi connectivity index (χ1n) is 14.8. The zero-order valence-electron chi connectivity index (χ0n) is 25.2. The predicted molar refractivity (Wildman–Crippen MR) is 169 cm³/mol. The summed E-state index contributed by atoms with van der Waals surface area (Å²) in [5.74, 6) is -0.762. The molecule has 0 amide bonds. The number of unbranched alkanes of at least 4 members (excludes halogenated alkanes) is 1. The van der Waals surface area contributed by atoms with Gasteiger partial charge in [0, 0.05) is 36.3 Å². The van der Waals surface area contributed by atoms with Crippen LogP contribution in [0.4, 0.5) is 0 Å². The van der Waals surface area contributed by atoms with Crippen LogP contribution >= 0.6 is 0 Å². The van der Waals surface area contributed by atoms with E-state index < -0.39 is 11.6 Å². The van der Waals surface area contributed by atoms with Crippen molar-refractivity contribution in [2.45, 2.75) is 58.3 Å². The minimum absolute atomic E-state index is 0.147. The van der Waals surface area contributed by atoms with Crippen molar-refractivity contribution in [2.75, 3.05) is 0 Å². The highest BCUT2D eigenvalue weighted by Crippen LogP contribution is 2.26. The van der Waals surface area contributed by atoms with Crippen LogP contribution < -0.4 is 0 Å². The third-order valence-electron chi connectivity index (χ3n) is 7.54. The third-order valence-corrected chi connectivity index (χ3v) is 7.54. The van der Waals surface area contributed by atoms with E-state index >= 15 is 0 Å². The quantitative estimate of drug-likeness (QED) is 0.114. The van der Waals surface area contributed by atoms with Crippen LogP contribution in [0, 0.1) is 0 Å². The van der Waals surface area contributed by atoms with Gasteiger partial charge in [-0.1, -0.05) is 60.7 Å². The van der Waals surface area contributed by atoms with Gasteiger partial charge in [0.1, 0.15) is 5.69 Å². The van der Waals surface area contributed by atoms with E-state index in [-0.39, 0.29) is 11.9 Å². The van der Waals surface area contributed by atoms with Crippen LogP contribution in [0.5, 0.6) is 0 Å². The second-order valence-electron chi connectivity index (χ2n) is 11.3. The smallest absolute Gasteiger partial charge is 0.335 e. The molecule has 0 aliphatic heterocycles. The summed E-state index contributed by atoms with van der Waals surface area (Å²) in [4.78, 5) is 38.7. The fraction of sp³-hybridized carbons (Fsp3) is 0.250. The van der Waals surface area contributed by atoms with Gasteiger partial charge >= 0.3 is 5.97 Å². The number of rotatable bonds is 13. The molecule has 5 aromatic rings. The Kier molecular flexibility index (Phi) is 9.41. The Morgan fingerprint density at radius 2 is 1.57 bits per heavy atom. The number of imidazole rings is 1. The summed E-state index contributed by atoms with van der Waals surface area (Å²) in [6.07, 6.45) is 7.57. The number of carboxylic acid groups (broad SMARTS) is 1. The first-order valence-corrected chi connectivity index (χ1v) is 14.8. The van der Waals surface area contributed by atoms with Crippen molar-refractivity contribution >= 4 is 11.8 Å². The number of aliphatic carboxylic acids is 1. The van der Waals surface area contributed by atoms with E-state index in [0.717, 1.165) is 41.6 Å². The van der Waals surface area contributed by atoms with Crippen molar-refractivity contribution < 1.29 is 19.4 Å². The first kappa shape index (κ1) is 30.5. The lowest BCUT2D eigenvalue weighted by Crippen LogP contribution is -2.35. The Morgan fingerprint density at radius 1 is 0.864 bits per heavy atom. The fourth-order valence-corrected chi connectivity index (χ4v) is 5.03. The Morgan fingerprint density at radius 3 is 2.23 bits per heavy atom. The average Bonchev–Trinajstić information content (AvgIpc) is 3.48. The summed E-state index contributed by atoms with van der Waals surface area (Å²) in [6.45, 7) is 5.61. The molecule has 5 rings (SSSR count). The molecule has 8 nitrogen and oxygen atoms in total.